The van der Waals surface area contributed by atoms with E-state index in [1.165, 1.54) is 32.1 Å². The van der Waals surface area contributed by atoms with Crippen molar-refractivity contribution in [2.24, 2.45) is 5.92 Å². The third-order valence-corrected chi connectivity index (χ3v) is 3.95. The highest BCUT2D eigenvalue weighted by Crippen LogP contribution is 2.33. The highest BCUT2D eigenvalue weighted by atomic mass is 16.5. The van der Waals surface area contributed by atoms with Crippen molar-refractivity contribution in [2.45, 2.75) is 37.7 Å². The SMILES string of the molecule is COC1(CC2CCOCC2)CCNCC1. The Morgan fingerprint density at radius 1 is 1.27 bits per heavy atom. The molecule has 0 aliphatic carbocycles. The van der Waals surface area contributed by atoms with Crippen molar-refractivity contribution >= 4 is 0 Å². The van der Waals surface area contributed by atoms with Gasteiger partial charge in [0.2, 0.25) is 0 Å². The summed E-state index contributed by atoms with van der Waals surface area (Å²) in [4.78, 5) is 0. The first-order valence-corrected chi connectivity index (χ1v) is 6.18. The summed E-state index contributed by atoms with van der Waals surface area (Å²) >= 11 is 0. The highest BCUT2D eigenvalue weighted by Gasteiger charge is 2.34. The van der Waals surface area contributed by atoms with E-state index in [9.17, 15) is 0 Å². The van der Waals surface area contributed by atoms with Gasteiger partial charge in [-0.15, -0.1) is 0 Å². The van der Waals surface area contributed by atoms with Crippen LogP contribution in [0.4, 0.5) is 0 Å². The van der Waals surface area contributed by atoms with E-state index in [1.807, 2.05) is 7.11 Å². The summed E-state index contributed by atoms with van der Waals surface area (Å²) in [7, 11) is 1.88. The van der Waals surface area contributed by atoms with Gasteiger partial charge in [0.1, 0.15) is 0 Å². The second kappa shape index (κ2) is 5.28. The van der Waals surface area contributed by atoms with Gasteiger partial charge in [-0.05, 0) is 51.1 Å². The second-order valence-electron chi connectivity index (χ2n) is 4.90. The predicted molar refractivity (Wildman–Crippen MR) is 60.0 cm³/mol. The van der Waals surface area contributed by atoms with Gasteiger partial charge in [0, 0.05) is 20.3 Å². The van der Waals surface area contributed by atoms with E-state index in [2.05, 4.69) is 5.32 Å². The number of methoxy groups -OCH3 is 1. The number of ether oxygens (including phenoxy) is 2. The topological polar surface area (TPSA) is 30.5 Å². The molecule has 0 amide bonds. The Hall–Kier alpha value is -0.120. The lowest BCUT2D eigenvalue weighted by atomic mass is 9.80. The number of piperidine rings is 1. The molecule has 2 heterocycles. The van der Waals surface area contributed by atoms with Gasteiger partial charge in [0.05, 0.1) is 5.60 Å². The summed E-state index contributed by atoms with van der Waals surface area (Å²) in [5.41, 5.74) is 0.160. The summed E-state index contributed by atoms with van der Waals surface area (Å²) in [5.74, 6) is 0.816. The lowest BCUT2D eigenvalue weighted by molar-refractivity contribution is -0.0632. The third-order valence-electron chi connectivity index (χ3n) is 3.95. The number of rotatable bonds is 3. The van der Waals surface area contributed by atoms with Crippen LogP contribution in [0.2, 0.25) is 0 Å². The van der Waals surface area contributed by atoms with Gasteiger partial charge in [-0.2, -0.15) is 0 Å². The average molecular weight is 213 g/mol. The normalized spacial score (nSPS) is 27.8. The van der Waals surface area contributed by atoms with E-state index in [1.54, 1.807) is 0 Å². The lowest BCUT2D eigenvalue weighted by Crippen LogP contribution is -2.45. The van der Waals surface area contributed by atoms with Crippen molar-refractivity contribution < 1.29 is 9.47 Å². The van der Waals surface area contributed by atoms with Gasteiger partial charge in [0.15, 0.2) is 0 Å². The van der Waals surface area contributed by atoms with Crippen LogP contribution in [0, 0.1) is 5.92 Å². The van der Waals surface area contributed by atoms with E-state index in [-0.39, 0.29) is 5.60 Å². The summed E-state index contributed by atoms with van der Waals surface area (Å²) in [6.07, 6.45) is 6.01. The zero-order chi connectivity index (χ0) is 10.6. The molecule has 1 N–H and O–H groups in total. The number of hydrogen-bond acceptors (Lipinski definition) is 3. The molecule has 2 rings (SSSR count). The van der Waals surface area contributed by atoms with Crippen molar-refractivity contribution in [1.29, 1.82) is 0 Å². The maximum atomic E-state index is 5.80. The Balaban J connectivity index is 1.87. The molecule has 2 aliphatic rings. The summed E-state index contributed by atoms with van der Waals surface area (Å²) < 4.78 is 11.2. The van der Waals surface area contributed by atoms with Crippen LogP contribution in [0.1, 0.15) is 32.1 Å². The molecule has 0 radical (unpaired) electrons. The van der Waals surface area contributed by atoms with Crippen LogP contribution >= 0.6 is 0 Å². The van der Waals surface area contributed by atoms with Crippen LogP contribution in [0.3, 0.4) is 0 Å². The van der Waals surface area contributed by atoms with Crippen LogP contribution in [-0.2, 0) is 9.47 Å². The standard InChI is InChI=1S/C12H23NO2/c1-14-12(4-6-13-7-5-12)10-11-2-8-15-9-3-11/h11,13H,2-10H2,1H3. The molecule has 0 unspecified atom stereocenters. The smallest absolute Gasteiger partial charge is 0.0705 e. The number of hydrogen-bond donors (Lipinski definition) is 1. The van der Waals surface area contributed by atoms with Gasteiger partial charge in [-0.3, -0.25) is 0 Å². The molecule has 0 saturated carbocycles. The molecule has 0 spiro atoms. The quantitative estimate of drug-likeness (QED) is 0.772. The molecule has 0 atom stereocenters. The summed E-state index contributed by atoms with van der Waals surface area (Å²) in [5, 5.41) is 3.41. The van der Waals surface area contributed by atoms with E-state index in [0.29, 0.717) is 0 Å². The fraction of sp³-hybridized carbons (Fsp3) is 1.00. The van der Waals surface area contributed by atoms with Gasteiger partial charge < -0.3 is 14.8 Å². The third kappa shape index (κ3) is 2.92. The fourth-order valence-electron chi connectivity index (χ4n) is 2.85. The average Bonchev–Trinajstić information content (AvgIpc) is 2.32. The van der Waals surface area contributed by atoms with Crippen molar-refractivity contribution in [3.8, 4) is 0 Å². The van der Waals surface area contributed by atoms with E-state index >= 15 is 0 Å². The van der Waals surface area contributed by atoms with Crippen molar-refractivity contribution in [1.82, 2.24) is 5.32 Å². The first-order valence-electron chi connectivity index (χ1n) is 6.18. The molecule has 3 nitrogen and oxygen atoms in total. The first-order chi connectivity index (χ1) is 7.35. The minimum atomic E-state index is 0.160. The Labute approximate surface area is 92.5 Å². The predicted octanol–water partition coefficient (Wildman–Crippen LogP) is 1.57. The second-order valence-corrected chi connectivity index (χ2v) is 4.90. The monoisotopic (exact) mass is 213 g/mol. The molecule has 88 valence electrons. The molecular formula is C12H23NO2. The van der Waals surface area contributed by atoms with Crippen molar-refractivity contribution in [3.63, 3.8) is 0 Å². The molecular weight excluding hydrogens is 190 g/mol. The Morgan fingerprint density at radius 3 is 2.53 bits per heavy atom. The zero-order valence-electron chi connectivity index (χ0n) is 9.76. The largest absolute Gasteiger partial charge is 0.381 e. The molecule has 0 bridgehead atoms. The minimum absolute atomic E-state index is 0.160. The molecule has 0 aromatic rings. The minimum Gasteiger partial charge on any atom is -0.381 e. The van der Waals surface area contributed by atoms with Crippen LogP contribution in [0.5, 0.6) is 0 Å². The zero-order valence-corrected chi connectivity index (χ0v) is 9.76. The van der Waals surface area contributed by atoms with Crippen LogP contribution in [0.15, 0.2) is 0 Å². The van der Waals surface area contributed by atoms with Crippen LogP contribution in [-0.4, -0.2) is 39.0 Å². The summed E-state index contributed by atoms with van der Waals surface area (Å²) in [6.45, 7) is 4.11. The maximum absolute atomic E-state index is 5.80. The van der Waals surface area contributed by atoms with Gasteiger partial charge in [-0.1, -0.05) is 0 Å². The van der Waals surface area contributed by atoms with Crippen molar-refractivity contribution in [2.75, 3.05) is 33.4 Å². The highest BCUT2D eigenvalue weighted by molar-refractivity contribution is 4.88. The Kier molecular flexibility index (Phi) is 4.00. The Morgan fingerprint density at radius 2 is 1.93 bits per heavy atom. The van der Waals surface area contributed by atoms with Gasteiger partial charge in [0.25, 0.3) is 0 Å². The Bertz CT molecular complexity index is 184. The maximum Gasteiger partial charge on any atom is 0.0705 e. The van der Waals surface area contributed by atoms with Crippen molar-refractivity contribution in [3.05, 3.63) is 0 Å². The van der Waals surface area contributed by atoms with E-state index in [0.717, 1.165) is 32.2 Å². The van der Waals surface area contributed by atoms with E-state index in [4.69, 9.17) is 9.47 Å². The molecule has 3 heteroatoms. The number of nitrogens with one attached hydrogen (secondary N) is 1. The molecule has 2 aliphatic heterocycles. The van der Waals surface area contributed by atoms with Gasteiger partial charge in [-0.25, -0.2) is 0 Å². The van der Waals surface area contributed by atoms with Crippen LogP contribution < -0.4 is 5.32 Å². The molecule has 2 saturated heterocycles. The molecule has 0 aromatic carbocycles. The lowest BCUT2D eigenvalue weighted by Gasteiger charge is -2.39. The molecule has 0 aromatic heterocycles. The van der Waals surface area contributed by atoms with Crippen LogP contribution in [0.25, 0.3) is 0 Å². The first kappa shape index (κ1) is 11.4. The summed E-state index contributed by atoms with van der Waals surface area (Å²) in [6, 6.07) is 0. The van der Waals surface area contributed by atoms with Gasteiger partial charge >= 0.3 is 0 Å². The molecule has 15 heavy (non-hydrogen) atoms. The fourth-order valence-corrected chi connectivity index (χ4v) is 2.85. The molecule has 2 fully saturated rings. The van der Waals surface area contributed by atoms with E-state index < -0.39 is 0 Å².